The maximum atomic E-state index is 12.1. The molecule has 0 aromatic heterocycles. The molecule has 1 aliphatic heterocycles. The van der Waals surface area contributed by atoms with Crippen molar-refractivity contribution in [1.82, 2.24) is 4.90 Å². The number of hydrogen-bond acceptors (Lipinski definition) is 4. The van der Waals surface area contributed by atoms with Crippen molar-refractivity contribution in [1.29, 1.82) is 5.26 Å². The van der Waals surface area contributed by atoms with Crippen LogP contribution in [0.4, 0.5) is 5.69 Å². The predicted octanol–water partition coefficient (Wildman–Crippen LogP) is 2.53. The second-order valence-electron chi connectivity index (χ2n) is 6.28. The molecule has 0 unspecified atom stereocenters. The smallest absolute Gasteiger partial charge is 0.225 e. The average Bonchev–Trinajstić information content (AvgIpc) is 2.60. The molecule has 1 amide bonds. The van der Waals surface area contributed by atoms with Gasteiger partial charge in [-0.15, -0.1) is 0 Å². The molecule has 5 nitrogen and oxygen atoms in total. The molecule has 1 aliphatic carbocycles. The van der Waals surface area contributed by atoms with E-state index in [1.54, 1.807) is 24.3 Å². The lowest BCUT2D eigenvalue weighted by Crippen LogP contribution is -2.53. The SMILES string of the molecule is N#Cc1ccc(NC(=O)CCN2CCO[C@@H]3CCCC[C@H]32)cc1. The highest BCUT2D eigenvalue weighted by atomic mass is 16.5. The lowest BCUT2D eigenvalue weighted by Gasteiger charge is -2.43. The first-order valence-corrected chi connectivity index (χ1v) is 8.42. The summed E-state index contributed by atoms with van der Waals surface area (Å²) in [6, 6.07) is 9.51. The van der Waals surface area contributed by atoms with Crippen molar-refractivity contribution in [2.24, 2.45) is 0 Å². The molecule has 3 rings (SSSR count). The highest BCUT2D eigenvalue weighted by Gasteiger charge is 2.33. The van der Waals surface area contributed by atoms with E-state index in [1.165, 1.54) is 19.3 Å². The van der Waals surface area contributed by atoms with Crippen LogP contribution in [0.15, 0.2) is 24.3 Å². The maximum Gasteiger partial charge on any atom is 0.225 e. The molecule has 1 aromatic carbocycles. The zero-order valence-corrected chi connectivity index (χ0v) is 13.3. The molecule has 1 N–H and O–H groups in total. The van der Waals surface area contributed by atoms with E-state index in [0.29, 0.717) is 24.1 Å². The minimum Gasteiger partial charge on any atom is -0.375 e. The lowest BCUT2D eigenvalue weighted by atomic mass is 9.90. The predicted molar refractivity (Wildman–Crippen MR) is 88.0 cm³/mol. The van der Waals surface area contributed by atoms with Crippen LogP contribution in [0, 0.1) is 11.3 Å². The molecule has 0 bridgehead atoms. The first-order valence-electron chi connectivity index (χ1n) is 8.42. The lowest BCUT2D eigenvalue weighted by molar-refractivity contribution is -0.118. The van der Waals surface area contributed by atoms with E-state index in [9.17, 15) is 4.79 Å². The van der Waals surface area contributed by atoms with Crippen molar-refractivity contribution in [3.05, 3.63) is 29.8 Å². The second-order valence-corrected chi connectivity index (χ2v) is 6.28. The average molecular weight is 313 g/mol. The van der Waals surface area contributed by atoms with Crippen molar-refractivity contribution < 1.29 is 9.53 Å². The van der Waals surface area contributed by atoms with Gasteiger partial charge in [-0.1, -0.05) is 12.8 Å². The van der Waals surface area contributed by atoms with Crippen LogP contribution in [-0.4, -0.2) is 42.6 Å². The van der Waals surface area contributed by atoms with Crippen LogP contribution in [0.2, 0.25) is 0 Å². The van der Waals surface area contributed by atoms with E-state index in [-0.39, 0.29) is 5.91 Å². The van der Waals surface area contributed by atoms with Gasteiger partial charge in [-0.3, -0.25) is 9.69 Å². The van der Waals surface area contributed by atoms with Crippen molar-refractivity contribution >= 4 is 11.6 Å². The third-order valence-corrected chi connectivity index (χ3v) is 4.77. The molecule has 2 atom stereocenters. The molecule has 2 fully saturated rings. The number of ether oxygens (including phenoxy) is 1. The number of anilines is 1. The van der Waals surface area contributed by atoms with Crippen molar-refractivity contribution in [3.8, 4) is 6.07 Å². The van der Waals surface area contributed by atoms with Gasteiger partial charge in [-0.25, -0.2) is 0 Å². The van der Waals surface area contributed by atoms with E-state index in [4.69, 9.17) is 10.00 Å². The van der Waals surface area contributed by atoms with E-state index in [1.807, 2.05) is 0 Å². The summed E-state index contributed by atoms with van der Waals surface area (Å²) >= 11 is 0. The fourth-order valence-corrected chi connectivity index (χ4v) is 3.55. The molecule has 0 radical (unpaired) electrons. The van der Waals surface area contributed by atoms with Crippen LogP contribution in [-0.2, 0) is 9.53 Å². The summed E-state index contributed by atoms with van der Waals surface area (Å²) in [4.78, 5) is 14.6. The van der Waals surface area contributed by atoms with Gasteiger partial charge >= 0.3 is 0 Å². The number of rotatable bonds is 4. The summed E-state index contributed by atoms with van der Waals surface area (Å²) < 4.78 is 5.87. The third-order valence-electron chi connectivity index (χ3n) is 4.77. The minimum atomic E-state index is 0.0218. The Morgan fingerprint density at radius 2 is 2.09 bits per heavy atom. The summed E-state index contributed by atoms with van der Waals surface area (Å²) in [5.74, 6) is 0.0218. The number of benzene rings is 1. The Balaban J connectivity index is 1.49. The number of fused-ring (bicyclic) bond motifs is 1. The van der Waals surface area contributed by atoms with Crippen LogP contribution in [0.25, 0.3) is 0 Å². The highest BCUT2D eigenvalue weighted by Crippen LogP contribution is 2.28. The number of carbonyl (C=O) groups is 1. The monoisotopic (exact) mass is 313 g/mol. The first kappa shape index (κ1) is 16.0. The van der Waals surface area contributed by atoms with Crippen LogP contribution in [0.3, 0.4) is 0 Å². The zero-order chi connectivity index (χ0) is 16.1. The number of amides is 1. The Labute approximate surface area is 137 Å². The molecule has 1 aromatic rings. The molecule has 2 aliphatic rings. The third kappa shape index (κ3) is 4.10. The number of carbonyl (C=O) groups excluding carboxylic acids is 1. The normalized spacial score (nSPS) is 24.5. The Kier molecular flexibility index (Phi) is 5.27. The Morgan fingerprint density at radius 3 is 2.87 bits per heavy atom. The topological polar surface area (TPSA) is 65.4 Å². The van der Waals surface area contributed by atoms with Gasteiger partial charge in [0.05, 0.1) is 24.3 Å². The fraction of sp³-hybridized carbons (Fsp3) is 0.556. The molecule has 1 saturated heterocycles. The number of hydrogen-bond donors (Lipinski definition) is 1. The van der Waals surface area contributed by atoms with Crippen LogP contribution in [0.5, 0.6) is 0 Å². The van der Waals surface area contributed by atoms with Gasteiger partial charge in [0.25, 0.3) is 0 Å². The van der Waals surface area contributed by atoms with Gasteiger partial charge in [0, 0.05) is 31.2 Å². The van der Waals surface area contributed by atoms with Gasteiger partial charge in [-0.2, -0.15) is 5.26 Å². The number of morpholine rings is 1. The maximum absolute atomic E-state index is 12.1. The van der Waals surface area contributed by atoms with Gasteiger partial charge in [-0.05, 0) is 37.1 Å². The Hall–Kier alpha value is -1.90. The van der Waals surface area contributed by atoms with Gasteiger partial charge in [0.1, 0.15) is 0 Å². The second kappa shape index (κ2) is 7.58. The number of nitrogens with zero attached hydrogens (tertiary/aromatic N) is 2. The van der Waals surface area contributed by atoms with Gasteiger partial charge in [0.15, 0.2) is 0 Å². The first-order chi connectivity index (χ1) is 11.3. The van der Waals surface area contributed by atoms with Crippen LogP contribution in [0.1, 0.15) is 37.7 Å². The Bertz CT molecular complexity index is 577. The van der Waals surface area contributed by atoms with E-state index < -0.39 is 0 Å². The summed E-state index contributed by atoms with van der Waals surface area (Å²) in [6.45, 7) is 2.48. The molecular weight excluding hydrogens is 290 g/mol. The van der Waals surface area contributed by atoms with Crippen LogP contribution >= 0.6 is 0 Å². The van der Waals surface area contributed by atoms with Crippen LogP contribution < -0.4 is 5.32 Å². The Morgan fingerprint density at radius 1 is 1.30 bits per heavy atom. The van der Waals surface area contributed by atoms with E-state index in [0.717, 1.165) is 31.8 Å². The molecule has 5 heteroatoms. The number of nitriles is 1. The number of nitrogens with one attached hydrogen (secondary N) is 1. The molecule has 1 heterocycles. The minimum absolute atomic E-state index is 0.0218. The zero-order valence-electron chi connectivity index (χ0n) is 13.3. The summed E-state index contributed by atoms with van der Waals surface area (Å²) in [5, 5.41) is 11.7. The molecule has 23 heavy (non-hydrogen) atoms. The van der Waals surface area contributed by atoms with Gasteiger partial charge < -0.3 is 10.1 Å². The van der Waals surface area contributed by atoms with Crippen molar-refractivity contribution in [2.75, 3.05) is 25.0 Å². The standard InChI is InChI=1S/C18H23N3O2/c19-13-14-5-7-15(8-6-14)20-18(22)9-10-21-11-12-23-17-4-2-1-3-16(17)21/h5-8,16-17H,1-4,9-12H2,(H,20,22)/t16-,17-/m1/s1. The van der Waals surface area contributed by atoms with E-state index in [2.05, 4.69) is 16.3 Å². The van der Waals surface area contributed by atoms with E-state index >= 15 is 0 Å². The molecule has 122 valence electrons. The summed E-state index contributed by atoms with van der Waals surface area (Å²) in [5.41, 5.74) is 1.34. The van der Waals surface area contributed by atoms with Gasteiger partial charge in [0.2, 0.25) is 5.91 Å². The summed E-state index contributed by atoms with van der Waals surface area (Å²) in [6.07, 6.45) is 5.70. The molecule has 1 saturated carbocycles. The summed E-state index contributed by atoms with van der Waals surface area (Å²) in [7, 11) is 0. The quantitative estimate of drug-likeness (QED) is 0.927. The van der Waals surface area contributed by atoms with Crippen molar-refractivity contribution in [2.45, 2.75) is 44.2 Å². The molecular formula is C18H23N3O2. The largest absolute Gasteiger partial charge is 0.375 e. The van der Waals surface area contributed by atoms with Crippen molar-refractivity contribution in [3.63, 3.8) is 0 Å². The highest BCUT2D eigenvalue weighted by molar-refractivity contribution is 5.90. The molecule has 0 spiro atoms. The fourth-order valence-electron chi connectivity index (χ4n) is 3.55.